The highest BCUT2D eigenvalue weighted by molar-refractivity contribution is 5.95. The Morgan fingerprint density at radius 1 is 1.06 bits per heavy atom. The number of benzene rings is 2. The maximum Gasteiger partial charge on any atom is 0.277 e. The van der Waals surface area contributed by atoms with Gasteiger partial charge in [-0.3, -0.25) is 9.59 Å². The van der Waals surface area contributed by atoms with Crippen molar-refractivity contribution in [2.24, 2.45) is 0 Å². The second-order valence-corrected chi connectivity index (χ2v) is 10.1. The monoisotopic (exact) mass is 493 g/mol. The second-order valence-electron chi connectivity index (χ2n) is 10.1. The molecule has 0 bridgehead atoms. The lowest BCUT2D eigenvalue weighted by molar-refractivity contribution is -0.883. The first-order chi connectivity index (χ1) is 17.3. The highest BCUT2D eigenvalue weighted by Gasteiger charge is 2.25. The molecule has 0 aliphatic carbocycles. The number of nitrogens with zero attached hydrogens (tertiary/aromatic N) is 2. The van der Waals surface area contributed by atoms with Crippen LogP contribution in [0.4, 0.5) is 0 Å². The largest absolute Gasteiger partial charge is 0.489 e. The average molecular weight is 494 g/mol. The van der Waals surface area contributed by atoms with Gasteiger partial charge >= 0.3 is 0 Å². The van der Waals surface area contributed by atoms with Crippen molar-refractivity contribution in [2.75, 3.05) is 46.9 Å². The summed E-state index contributed by atoms with van der Waals surface area (Å²) in [4.78, 5) is 26.4. The first-order valence-electron chi connectivity index (χ1n) is 13.1. The minimum absolute atomic E-state index is 0.112. The van der Waals surface area contributed by atoms with E-state index in [2.05, 4.69) is 20.7 Å². The van der Waals surface area contributed by atoms with Crippen LogP contribution in [0.15, 0.2) is 55.1 Å². The van der Waals surface area contributed by atoms with Crippen molar-refractivity contribution in [2.45, 2.75) is 45.4 Å². The number of hydrogen-bond donors (Lipinski definition) is 0. The number of carbonyl (C=O) groups is 2. The SMILES string of the molecule is C=CCc1cccc(Oc2ccc(C(=O)CC)cc2)c1OCCCC[N+](C)(C)CC(=O)N1CCCC1. The fourth-order valence-electron chi connectivity index (χ4n) is 4.49. The summed E-state index contributed by atoms with van der Waals surface area (Å²) in [6.07, 6.45) is 7.11. The fraction of sp³-hybridized carbons (Fsp3) is 0.467. The summed E-state index contributed by atoms with van der Waals surface area (Å²) in [6.45, 7) is 9.57. The number of para-hydroxylation sites is 1. The number of Topliss-reactive ketones (excluding diaryl/α,β-unsaturated/α-hetero) is 1. The van der Waals surface area contributed by atoms with E-state index in [0.717, 1.165) is 56.6 Å². The van der Waals surface area contributed by atoms with Gasteiger partial charge in [0.2, 0.25) is 0 Å². The summed E-state index contributed by atoms with van der Waals surface area (Å²) in [7, 11) is 4.25. The van der Waals surface area contributed by atoms with Crippen LogP contribution in [0.3, 0.4) is 0 Å². The van der Waals surface area contributed by atoms with Crippen LogP contribution in [0.2, 0.25) is 0 Å². The molecule has 0 saturated carbocycles. The number of ketones is 1. The number of rotatable bonds is 14. The molecule has 1 heterocycles. The number of hydrogen-bond acceptors (Lipinski definition) is 4. The van der Waals surface area contributed by atoms with Gasteiger partial charge in [-0.15, -0.1) is 6.58 Å². The highest BCUT2D eigenvalue weighted by atomic mass is 16.5. The molecule has 6 nitrogen and oxygen atoms in total. The standard InChI is InChI=1S/C30H41N2O4/c1-5-12-25-13-11-14-28(36-26-17-15-24(16-18-26)27(33)6-2)30(25)35-22-10-9-21-32(3,4)23-29(34)31-19-7-8-20-31/h5,11,13-18H,1,6-10,12,19-23H2,2-4H3/q+1. The molecule has 0 unspecified atom stereocenters. The number of likely N-dealkylation sites (tertiary alicyclic amines) is 1. The van der Waals surface area contributed by atoms with Gasteiger partial charge in [-0.25, -0.2) is 0 Å². The van der Waals surface area contributed by atoms with E-state index in [1.807, 2.05) is 48.2 Å². The Bertz CT molecular complexity index is 1020. The lowest BCUT2D eigenvalue weighted by atomic mass is 10.1. The van der Waals surface area contributed by atoms with Crippen LogP contribution in [-0.4, -0.2) is 68.0 Å². The van der Waals surface area contributed by atoms with Gasteiger partial charge in [0.05, 0.1) is 27.2 Å². The number of quaternary nitrogens is 1. The second kappa shape index (κ2) is 13.3. The van der Waals surface area contributed by atoms with Gasteiger partial charge in [-0.2, -0.15) is 0 Å². The first kappa shape index (κ1) is 27.5. The average Bonchev–Trinajstić information content (AvgIpc) is 3.40. The van der Waals surface area contributed by atoms with E-state index in [4.69, 9.17) is 9.47 Å². The molecule has 6 heteroatoms. The van der Waals surface area contributed by atoms with E-state index < -0.39 is 0 Å². The summed E-state index contributed by atoms with van der Waals surface area (Å²) >= 11 is 0. The van der Waals surface area contributed by atoms with Gasteiger partial charge in [0.15, 0.2) is 23.8 Å². The van der Waals surface area contributed by atoms with Crippen molar-refractivity contribution in [3.8, 4) is 17.2 Å². The molecule has 0 aromatic heterocycles. The van der Waals surface area contributed by atoms with Crippen molar-refractivity contribution >= 4 is 11.7 Å². The van der Waals surface area contributed by atoms with Crippen LogP contribution in [0.1, 0.15) is 54.9 Å². The van der Waals surface area contributed by atoms with Crippen molar-refractivity contribution < 1.29 is 23.5 Å². The number of amides is 1. The highest BCUT2D eigenvalue weighted by Crippen LogP contribution is 2.35. The molecule has 2 aromatic rings. The van der Waals surface area contributed by atoms with E-state index in [1.165, 1.54) is 0 Å². The molecule has 0 spiro atoms. The van der Waals surface area contributed by atoms with Crippen molar-refractivity contribution in [1.29, 1.82) is 0 Å². The van der Waals surface area contributed by atoms with Crippen molar-refractivity contribution in [1.82, 2.24) is 4.90 Å². The zero-order valence-electron chi connectivity index (χ0n) is 22.1. The lowest BCUT2D eigenvalue weighted by Crippen LogP contribution is -2.48. The number of likely N-dealkylation sites (N-methyl/N-ethyl adjacent to an activating group) is 1. The predicted molar refractivity (Wildman–Crippen MR) is 144 cm³/mol. The molecule has 0 radical (unpaired) electrons. The third-order valence-corrected chi connectivity index (χ3v) is 6.58. The Hall–Kier alpha value is -3.12. The molecule has 2 aromatic carbocycles. The summed E-state index contributed by atoms with van der Waals surface area (Å²) in [5.74, 6) is 2.41. The number of carbonyl (C=O) groups excluding carboxylic acids is 2. The van der Waals surface area contributed by atoms with E-state index >= 15 is 0 Å². The minimum Gasteiger partial charge on any atom is -0.489 e. The van der Waals surface area contributed by atoms with Gasteiger partial charge in [-0.05, 0) is 62.4 Å². The summed E-state index contributed by atoms with van der Waals surface area (Å²) < 4.78 is 13.1. The maximum atomic E-state index is 12.5. The molecule has 1 aliphatic heterocycles. The van der Waals surface area contributed by atoms with E-state index in [-0.39, 0.29) is 11.7 Å². The summed E-state index contributed by atoms with van der Waals surface area (Å²) in [5, 5.41) is 0. The molecular formula is C30H41N2O4+. The Morgan fingerprint density at radius 3 is 2.44 bits per heavy atom. The first-order valence-corrected chi connectivity index (χ1v) is 13.1. The smallest absolute Gasteiger partial charge is 0.277 e. The van der Waals surface area contributed by atoms with E-state index in [1.54, 1.807) is 12.1 Å². The third kappa shape index (κ3) is 7.95. The molecular weight excluding hydrogens is 452 g/mol. The minimum atomic E-state index is 0.112. The van der Waals surface area contributed by atoms with Crippen LogP contribution in [-0.2, 0) is 11.2 Å². The molecule has 1 saturated heterocycles. The van der Waals surface area contributed by atoms with Gasteiger partial charge in [-0.1, -0.05) is 25.1 Å². The van der Waals surface area contributed by atoms with Crippen LogP contribution in [0, 0.1) is 0 Å². The number of allylic oxidation sites excluding steroid dienone is 1. The Kier molecular flexibility index (Phi) is 10.1. The molecule has 3 rings (SSSR count). The van der Waals surface area contributed by atoms with Crippen LogP contribution < -0.4 is 9.47 Å². The topological polar surface area (TPSA) is 55.8 Å². The molecule has 1 aliphatic rings. The fourth-order valence-corrected chi connectivity index (χ4v) is 4.49. The van der Waals surface area contributed by atoms with Gasteiger partial charge in [0.1, 0.15) is 5.75 Å². The Balaban J connectivity index is 1.56. The van der Waals surface area contributed by atoms with Gasteiger partial charge < -0.3 is 18.9 Å². The Morgan fingerprint density at radius 2 is 1.78 bits per heavy atom. The third-order valence-electron chi connectivity index (χ3n) is 6.58. The van der Waals surface area contributed by atoms with Crippen LogP contribution in [0.25, 0.3) is 0 Å². The maximum absolute atomic E-state index is 12.5. The quantitative estimate of drug-likeness (QED) is 0.148. The lowest BCUT2D eigenvalue weighted by Gasteiger charge is -2.31. The van der Waals surface area contributed by atoms with Crippen LogP contribution in [0.5, 0.6) is 17.2 Å². The van der Waals surface area contributed by atoms with Crippen molar-refractivity contribution in [3.05, 3.63) is 66.2 Å². The van der Waals surface area contributed by atoms with Gasteiger partial charge in [0, 0.05) is 30.6 Å². The molecule has 194 valence electrons. The summed E-state index contributed by atoms with van der Waals surface area (Å²) in [5.41, 5.74) is 1.71. The van der Waals surface area contributed by atoms with E-state index in [9.17, 15) is 9.59 Å². The molecule has 0 atom stereocenters. The zero-order chi connectivity index (χ0) is 26.0. The number of unbranched alkanes of at least 4 members (excludes halogenated alkanes) is 1. The van der Waals surface area contributed by atoms with E-state index in [0.29, 0.717) is 47.5 Å². The summed E-state index contributed by atoms with van der Waals surface area (Å²) in [6, 6.07) is 13.1. The molecule has 36 heavy (non-hydrogen) atoms. The predicted octanol–water partition coefficient (Wildman–Crippen LogP) is 5.66. The zero-order valence-corrected chi connectivity index (χ0v) is 22.1. The molecule has 1 amide bonds. The van der Waals surface area contributed by atoms with Crippen molar-refractivity contribution in [3.63, 3.8) is 0 Å². The Labute approximate surface area is 216 Å². The number of ether oxygens (including phenoxy) is 2. The normalized spacial score (nSPS) is 13.5. The molecule has 0 N–H and O–H groups in total. The van der Waals surface area contributed by atoms with Gasteiger partial charge in [0.25, 0.3) is 5.91 Å². The molecule has 1 fully saturated rings. The van der Waals surface area contributed by atoms with Crippen LogP contribution >= 0.6 is 0 Å².